The van der Waals surface area contributed by atoms with E-state index in [2.05, 4.69) is 35.8 Å². The zero-order valence-corrected chi connectivity index (χ0v) is 16.8. The summed E-state index contributed by atoms with van der Waals surface area (Å²) in [6.07, 6.45) is 2.15. The molecule has 0 heterocycles. The molecule has 156 valence electrons. The SMILES string of the molecule is CCc1cccc(C2(NCC(O)C(Cc3cc(F)cc(F)c3)NC(C)=O)CC2)c1. The number of hydrogen-bond acceptors (Lipinski definition) is 3. The predicted molar refractivity (Wildman–Crippen MR) is 108 cm³/mol. The molecule has 2 aromatic carbocycles. The number of hydrogen-bond donors (Lipinski definition) is 3. The number of amides is 1. The van der Waals surface area contributed by atoms with Gasteiger partial charge in [0.15, 0.2) is 0 Å². The van der Waals surface area contributed by atoms with Gasteiger partial charge in [-0.15, -0.1) is 0 Å². The van der Waals surface area contributed by atoms with Crippen molar-refractivity contribution in [3.63, 3.8) is 0 Å². The van der Waals surface area contributed by atoms with E-state index in [4.69, 9.17) is 0 Å². The van der Waals surface area contributed by atoms with Gasteiger partial charge in [-0.2, -0.15) is 0 Å². The van der Waals surface area contributed by atoms with Gasteiger partial charge in [0.1, 0.15) is 11.6 Å². The average molecular weight is 402 g/mol. The molecule has 3 N–H and O–H groups in total. The van der Waals surface area contributed by atoms with Crippen LogP contribution in [0.15, 0.2) is 42.5 Å². The Hall–Kier alpha value is -2.31. The Morgan fingerprint density at radius 2 is 1.83 bits per heavy atom. The molecule has 0 aromatic heterocycles. The number of aryl methyl sites for hydroxylation is 1. The number of rotatable bonds is 9. The molecule has 0 bridgehead atoms. The van der Waals surface area contributed by atoms with Crippen LogP contribution in [0.3, 0.4) is 0 Å². The molecule has 1 aliphatic rings. The number of halogens is 2. The molecule has 0 radical (unpaired) electrons. The highest BCUT2D eigenvalue weighted by molar-refractivity contribution is 5.73. The molecule has 4 nitrogen and oxygen atoms in total. The number of carbonyl (C=O) groups is 1. The first-order chi connectivity index (χ1) is 13.8. The minimum atomic E-state index is -0.905. The van der Waals surface area contributed by atoms with E-state index in [0.717, 1.165) is 25.3 Å². The van der Waals surface area contributed by atoms with Gasteiger partial charge in [0.2, 0.25) is 5.91 Å². The maximum Gasteiger partial charge on any atom is 0.217 e. The molecule has 0 saturated heterocycles. The third kappa shape index (κ3) is 5.61. The molecule has 29 heavy (non-hydrogen) atoms. The summed E-state index contributed by atoms with van der Waals surface area (Å²) >= 11 is 0. The van der Waals surface area contributed by atoms with Crippen LogP contribution < -0.4 is 10.6 Å². The maximum atomic E-state index is 13.5. The van der Waals surface area contributed by atoms with Gasteiger partial charge in [-0.3, -0.25) is 4.79 Å². The second-order valence-corrected chi connectivity index (χ2v) is 7.87. The van der Waals surface area contributed by atoms with Crippen molar-refractivity contribution < 1.29 is 18.7 Å². The molecule has 1 saturated carbocycles. The lowest BCUT2D eigenvalue weighted by Gasteiger charge is -2.27. The molecular formula is C23H28F2N2O2. The molecule has 1 fully saturated rings. The quantitative estimate of drug-likeness (QED) is 0.604. The standard InChI is InChI=1S/C23H28F2N2O2/c1-3-16-5-4-6-18(9-16)23(7-8-23)26-14-22(29)21(27-15(2)28)12-17-10-19(24)13-20(25)11-17/h4-6,9-11,13,21-22,26,29H,3,7-8,12,14H2,1-2H3,(H,27,28). The number of carbonyl (C=O) groups excluding carboxylic acids is 1. The fourth-order valence-corrected chi connectivity index (χ4v) is 3.75. The Kier molecular flexibility index (Phi) is 6.65. The molecule has 2 atom stereocenters. The summed E-state index contributed by atoms with van der Waals surface area (Å²) in [5.41, 5.74) is 2.70. The molecule has 2 unspecified atom stereocenters. The summed E-state index contributed by atoms with van der Waals surface area (Å²) in [4.78, 5) is 11.6. The summed E-state index contributed by atoms with van der Waals surface area (Å²) in [7, 11) is 0. The van der Waals surface area contributed by atoms with Crippen LogP contribution in [0.5, 0.6) is 0 Å². The number of aliphatic hydroxyl groups is 1. The highest BCUT2D eigenvalue weighted by Crippen LogP contribution is 2.45. The maximum absolute atomic E-state index is 13.5. The molecule has 0 aliphatic heterocycles. The van der Waals surface area contributed by atoms with Gasteiger partial charge in [0.05, 0.1) is 12.1 Å². The van der Waals surface area contributed by atoms with Crippen molar-refractivity contribution in [3.05, 3.63) is 70.8 Å². The number of nitrogens with one attached hydrogen (secondary N) is 2. The van der Waals surface area contributed by atoms with Crippen LogP contribution in [0.4, 0.5) is 8.78 Å². The number of benzene rings is 2. The van der Waals surface area contributed by atoms with Crippen LogP contribution in [0.2, 0.25) is 0 Å². The zero-order valence-electron chi connectivity index (χ0n) is 16.8. The zero-order chi connectivity index (χ0) is 21.0. The third-order valence-electron chi connectivity index (χ3n) is 5.52. The van der Waals surface area contributed by atoms with Crippen LogP contribution in [-0.4, -0.2) is 29.7 Å². The molecule has 6 heteroatoms. The van der Waals surface area contributed by atoms with Crippen molar-refractivity contribution in [2.75, 3.05) is 6.54 Å². The van der Waals surface area contributed by atoms with Crippen molar-refractivity contribution in [2.45, 2.75) is 57.2 Å². The van der Waals surface area contributed by atoms with E-state index >= 15 is 0 Å². The largest absolute Gasteiger partial charge is 0.390 e. The summed E-state index contributed by atoms with van der Waals surface area (Å²) in [5.74, 6) is -1.66. The lowest BCUT2D eigenvalue weighted by atomic mass is 9.98. The van der Waals surface area contributed by atoms with E-state index in [9.17, 15) is 18.7 Å². The molecule has 3 rings (SSSR count). The summed E-state index contributed by atoms with van der Waals surface area (Å²) in [6.45, 7) is 3.74. The molecular weight excluding hydrogens is 374 g/mol. The van der Waals surface area contributed by atoms with Crippen LogP contribution in [0.1, 0.15) is 43.4 Å². The predicted octanol–water partition coefficient (Wildman–Crippen LogP) is 3.21. The second-order valence-electron chi connectivity index (χ2n) is 7.87. The third-order valence-corrected chi connectivity index (χ3v) is 5.52. The van der Waals surface area contributed by atoms with Crippen LogP contribution in [0.25, 0.3) is 0 Å². The van der Waals surface area contributed by atoms with Crippen LogP contribution >= 0.6 is 0 Å². The summed E-state index contributed by atoms with van der Waals surface area (Å²) in [6, 6.07) is 11.0. The smallest absolute Gasteiger partial charge is 0.217 e. The van der Waals surface area contributed by atoms with Crippen molar-refractivity contribution in [1.29, 1.82) is 0 Å². The Labute approximate surface area is 170 Å². The fourth-order valence-electron chi connectivity index (χ4n) is 3.75. The average Bonchev–Trinajstić information content (AvgIpc) is 3.46. The van der Waals surface area contributed by atoms with Gasteiger partial charge in [0, 0.05) is 25.1 Å². The first-order valence-corrected chi connectivity index (χ1v) is 10.1. The van der Waals surface area contributed by atoms with E-state index in [0.29, 0.717) is 5.56 Å². The number of aliphatic hydroxyl groups excluding tert-OH is 1. The van der Waals surface area contributed by atoms with E-state index in [-0.39, 0.29) is 24.4 Å². The lowest BCUT2D eigenvalue weighted by molar-refractivity contribution is -0.120. The summed E-state index contributed by atoms with van der Waals surface area (Å²) < 4.78 is 27.0. The molecule has 2 aromatic rings. The van der Waals surface area contributed by atoms with Crippen LogP contribution in [0, 0.1) is 11.6 Å². The topological polar surface area (TPSA) is 61.4 Å². The van der Waals surface area contributed by atoms with E-state index in [1.165, 1.54) is 30.2 Å². The molecule has 1 aliphatic carbocycles. The monoisotopic (exact) mass is 402 g/mol. The molecule has 0 spiro atoms. The fraction of sp³-hybridized carbons (Fsp3) is 0.435. The van der Waals surface area contributed by atoms with Crippen LogP contribution in [-0.2, 0) is 23.2 Å². The minimum Gasteiger partial charge on any atom is -0.390 e. The van der Waals surface area contributed by atoms with Gasteiger partial charge in [-0.05, 0) is 54.5 Å². The highest BCUT2D eigenvalue weighted by atomic mass is 19.1. The summed E-state index contributed by atoms with van der Waals surface area (Å²) in [5, 5.41) is 16.9. The van der Waals surface area contributed by atoms with Crippen molar-refractivity contribution in [1.82, 2.24) is 10.6 Å². The van der Waals surface area contributed by atoms with E-state index in [1.54, 1.807) is 0 Å². The van der Waals surface area contributed by atoms with Gasteiger partial charge < -0.3 is 15.7 Å². The normalized spacial score (nSPS) is 16.9. The lowest BCUT2D eigenvalue weighted by Crippen LogP contribution is -2.49. The van der Waals surface area contributed by atoms with E-state index < -0.39 is 23.8 Å². The van der Waals surface area contributed by atoms with Crippen molar-refractivity contribution in [2.24, 2.45) is 0 Å². The minimum absolute atomic E-state index is 0.134. The first-order valence-electron chi connectivity index (χ1n) is 10.1. The van der Waals surface area contributed by atoms with Gasteiger partial charge in [-0.25, -0.2) is 8.78 Å². The Bertz CT molecular complexity index is 847. The van der Waals surface area contributed by atoms with Crippen molar-refractivity contribution >= 4 is 5.91 Å². The Morgan fingerprint density at radius 1 is 1.14 bits per heavy atom. The van der Waals surface area contributed by atoms with Gasteiger partial charge in [0.25, 0.3) is 0 Å². The van der Waals surface area contributed by atoms with Crippen molar-refractivity contribution in [3.8, 4) is 0 Å². The first kappa shape index (κ1) is 21.4. The second kappa shape index (κ2) is 9.01. The molecule has 1 amide bonds. The highest BCUT2D eigenvalue weighted by Gasteiger charge is 2.44. The van der Waals surface area contributed by atoms with Gasteiger partial charge in [-0.1, -0.05) is 31.2 Å². The van der Waals surface area contributed by atoms with E-state index in [1.807, 2.05) is 6.07 Å². The Balaban J connectivity index is 1.68. The Morgan fingerprint density at radius 3 is 2.41 bits per heavy atom. The van der Waals surface area contributed by atoms with Gasteiger partial charge >= 0.3 is 0 Å².